The molecule has 0 bridgehead atoms. The molecule has 1 N–H and O–H groups in total. The summed E-state index contributed by atoms with van der Waals surface area (Å²) in [5.74, 6) is -0.640. The van der Waals surface area contributed by atoms with Crippen molar-refractivity contribution in [3.8, 4) is 5.75 Å². The Morgan fingerprint density at radius 2 is 1.81 bits per heavy atom. The monoisotopic (exact) mass is 396 g/mol. The van der Waals surface area contributed by atoms with Gasteiger partial charge in [-0.1, -0.05) is 23.7 Å². The first-order valence-corrected chi connectivity index (χ1v) is 8.84. The van der Waals surface area contributed by atoms with Gasteiger partial charge in [0.2, 0.25) is 5.91 Å². The van der Waals surface area contributed by atoms with Crippen LogP contribution in [0, 0.1) is 0 Å². The number of carbonyl (C=O) groups is 1. The Labute approximate surface area is 156 Å². The van der Waals surface area contributed by atoms with Crippen LogP contribution < -0.4 is 15.6 Å². The molecule has 142 valence electrons. The van der Waals surface area contributed by atoms with Crippen LogP contribution in [-0.4, -0.2) is 16.2 Å². The minimum absolute atomic E-state index is 0.0729. The van der Waals surface area contributed by atoms with Gasteiger partial charge in [-0.25, -0.2) is 0 Å². The van der Waals surface area contributed by atoms with E-state index in [0.717, 1.165) is 16.8 Å². The summed E-state index contributed by atoms with van der Waals surface area (Å²) >= 11 is 1.35. The number of nitrogens with one attached hydrogen (secondary N) is 1. The molecule has 1 amide bonds. The highest BCUT2D eigenvalue weighted by molar-refractivity contribution is 7.13. The third-order valence-corrected chi connectivity index (χ3v) is 4.81. The van der Waals surface area contributed by atoms with Crippen LogP contribution >= 0.6 is 11.5 Å². The number of halogens is 3. The van der Waals surface area contributed by atoms with Crippen molar-refractivity contribution in [3.63, 3.8) is 0 Å². The van der Waals surface area contributed by atoms with Gasteiger partial charge >= 0.3 is 6.36 Å². The zero-order chi connectivity index (χ0) is 19.4. The quantitative estimate of drug-likeness (QED) is 0.673. The largest absolute Gasteiger partial charge is 0.573 e. The number of aryl methyl sites for hydroxylation is 1. The van der Waals surface area contributed by atoms with Crippen molar-refractivity contribution in [2.75, 3.05) is 5.32 Å². The van der Waals surface area contributed by atoms with Crippen LogP contribution in [0.25, 0.3) is 10.1 Å². The minimum atomic E-state index is -4.75. The van der Waals surface area contributed by atoms with E-state index in [0.29, 0.717) is 24.0 Å². The molecule has 2 aromatic carbocycles. The summed E-state index contributed by atoms with van der Waals surface area (Å²) in [6.07, 6.45) is -4.11. The Hall–Kier alpha value is -2.81. The van der Waals surface area contributed by atoms with Gasteiger partial charge in [0, 0.05) is 18.7 Å². The maximum absolute atomic E-state index is 12.2. The second-order valence-electron chi connectivity index (χ2n) is 5.72. The molecular weight excluding hydrogens is 381 g/mol. The molecule has 0 saturated heterocycles. The Morgan fingerprint density at radius 3 is 2.48 bits per heavy atom. The molecule has 5 nitrogen and oxygen atoms in total. The number of nitrogens with zero attached hydrogens (tertiary/aromatic N) is 1. The molecule has 0 aliphatic rings. The van der Waals surface area contributed by atoms with Gasteiger partial charge in [0.05, 0.1) is 10.1 Å². The van der Waals surface area contributed by atoms with Crippen molar-refractivity contribution in [2.45, 2.75) is 25.7 Å². The number of hydrogen-bond acceptors (Lipinski definition) is 4. The molecule has 0 unspecified atom stereocenters. The van der Waals surface area contributed by atoms with Crippen LogP contribution in [0.15, 0.2) is 53.3 Å². The first-order valence-electron chi connectivity index (χ1n) is 8.06. The highest BCUT2D eigenvalue weighted by Crippen LogP contribution is 2.24. The van der Waals surface area contributed by atoms with Gasteiger partial charge in [-0.15, -0.1) is 13.2 Å². The molecule has 3 aromatic rings. The van der Waals surface area contributed by atoms with E-state index < -0.39 is 6.36 Å². The van der Waals surface area contributed by atoms with E-state index in [1.807, 2.05) is 12.1 Å². The number of benzene rings is 2. The van der Waals surface area contributed by atoms with Crippen molar-refractivity contribution >= 4 is 33.2 Å². The number of aromatic nitrogens is 1. The molecule has 0 aliphatic carbocycles. The highest BCUT2D eigenvalue weighted by atomic mass is 32.1. The zero-order valence-electron chi connectivity index (χ0n) is 14.0. The molecule has 0 spiro atoms. The molecule has 1 aromatic heterocycles. The van der Waals surface area contributed by atoms with Crippen LogP contribution in [-0.2, 0) is 11.3 Å². The number of rotatable bonds is 6. The van der Waals surface area contributed by atoms with E-state index in [2.05, 4.69) is 10.1 Å². The van der Waals surface area contributed by atoms with E-state index in [4.69, 9.17) is 0 Å². The first kappa shape index (κ1) is 19.0. The Kier molecular flexibility index (Phi) is 5.50. The van der Waals surface area contributed by atoms with Gasteiger partial charge in [-0.05, 0) is 42.8 Å². The summed E-state index contributed by atoms with van der Waals surface area (Å²) in [6, 6.07) is 12.2. The highest BCUT2D eigenvalue weighted by Gasteiger charge is 2.30. The number of amides is 1. The number of fused-ring (bicyclic) bond motifs is 1. The smallest absolute Gasteiger partial charge is 0.406 e. The topological polar surface area (TPSA) is 60.3 Å². The van der Waals surface area contributed by atoms with Crippen molar-refractivity contribution in [2.24, 2.45) is 0 Å². The SMILES string of the molecule is O=C(CCCn1sc2ccccc2c1=O)Nc1ccc(OC(F)(F)F)cc1. The molecule has 0 saturated carbocycles. The fraction of sp³-hybridized carbons (Fsp3) is 0.222. The van der Waals surface area contributed by atoms with Crippen molar-refractivity contribution in [1.29, 1.82) is 0 Å². The van der Waals surface area contributed by atoms with E-state index >= 15 is 0 Å². The molecule has 27 heavy (non-hydrogen) atoms. The predicted molar refractivity (Wildman–Crippen MR) is 97.1 cm³/mol. The van der Waals surface area contributed by atoms with Crippen molar-refractivity contribution in [1.82, 2.24) is 3.96 Å². The van der Waals surface area contributed by atoms with Crippen LogP contribution in [0.2, 0.25) is 0 Å². The number of ether oxygens (including phenoxy) is 1. The molecule has 0 fully saturated rings. The Balaban J connectivity index is 1.51. The molecule has 9 heteroatoms. The summed E-state index contributed by atoms with van der Waals surface area (Å²) in [4.78, 5) is 24.2. The average Bonchev–Trinajstić information content (AvgIpc) is 2.92. The predicted octanol–water partition coefficient (Wildman–Crippen LogP) is 4.38. The van der Waals surface area contributed by atoms with Gasteiger partial charge in [-0.2, -0.15) is 0 Å². The van der Waals surface area contributed by atoms with E-state index in [9.17, 15) is 22.8 Å². The van der Waals surface area contributed by atoms with Crippen molar-refractivity contribution < 1.29 is 22.7 Å². The molecule has 0 aliphatic heterocycles. The lowest BCUT2D eigenvalue weighted by atomic mass is 10.2. The lowest BCUT2D eigenvalue weighted by Crippen LogP contribution is -2.17. The number of hydrogen-bond donors (Lipinski definition) is 1. The average molecular weight is 396 g/mol. The number of anilines is 1. The number of carbonyl (C=O) groups excluding carboxylic acids is 1. The maximum atomic E-state index is 12.2. The second kappa shape index (κ2) is 7.83. The van der Waals surface area contributed by atoms with Crippen LogP contribution in [0.3, 0.4) is 0 Å². The van der Waals surface area contributed by atoms with Crippen LogP contribution in [0.1, 0.15) is 12.8 Å². The van der Waals surface area contributed by atoms with Gasteiger partial charge < -0.3 is 10.1 Å². The summed E-state index contributed by atoms with van der Waals surface area (Å²) in [5.41, 5.74) is 0.296. The van der Waals surface area contributed by atoms with E-state index in [-0.39, 0.29) is 23.6 Å². The third-order valence-electron chi connectivity index (χ3n) is 3.69. The fourth-order valence-corrected chi connectivity index (χ4v) is 3.54. The lowest BCUT2D eigenvalue weighted by Gasteiger charge is -2.10. The Morgan fingerprint density at radius 1 is 1.11 bits per heavy atom. The van der Waals surface area contributed by atoms with Crippen LogP contribution in [0.4, 0.5) is 18.9 Å². The summed E-state index contributed by atoms with van der Waals surface area (Å²) in [7, 11) is 0. The summed E-state index contributed by atoms with van der Waals surface area (Å²) in [6.45, 7) is 0.421. The van der Waals surface area contributed by atoms with Gasteiger partial charge in [0.1, 0.15) is 5.75 Å². The van der Waals surface area contributed by atoms with Gasteiger partial charge in [0.15, 0.2) is 0 Å². The van der Waals surface area contributed by atoms with E-state index in [1.54, 1.807) is 16.1 Å². The van der Waals surface area contributed by atoms with Gasteiger partial charge in [0.25, 0.3) is 5.56 Å². The molecule has 1 heterocycles. The van der Waals surface area contributed by atoms with E-state index in [1.165, 1.54) is 23.7 Å². The number of alkyl halides is 3. The van der Waals surface area contributed by atoms with Crippen molar-refractivity contribution in [3.05, 3.63) is 58.9 Å². The second-order valence-corrected chi connectivity index (χ2v) is 6.78. The zero-order valence-corrected chi connectivity index (χ0v) is 14.8. The summed E-state index contributed by atoms with van der Waals surface area (Å²) < 4.78 is 42.6. The standard InChI is InChI=1S/C18H15F3N2O3S/c19-18(20,21)26-13-9-7-12(8-10-13)22-16(24)6-3-11-23-17(25)14-4-1-2-5-15(14)27-23/h1-2,4-5,7-10H,3,6,11H2,(H,22,24). The third kappa shape index (κ3) is 5.10. The molecular formula is C18H15F3N2O3S. The lowest BCUT2D eigenvalue weighted by molar-refractivity contribution is -0.274. The molecule has 0 radical (unpaired) electrons. The molecule has 3 rings (SSSR count). The minimum Gasteiger partial charge on any atom is -0.406 e. The summed E-state index contributed by atoms with van der Waals surface area (Å²) in [5, 5.41) is 3.26. The molecule has 0 atom stereocenters. The normalized spacial score (nSPS) is 11.5. The fourth-order valence-electron chi connectivity index (χ4n) is 2.51. The van der Waals surface area contributed by atoms with Crippen LogP contribution in [0.5, 0.6) is 5.75 Å². The van der Waals surface area contributed by atoms with Gasteiger partial charge in [-0.3, -0.25) is 13.5 Å². The Bertz CT molecular complexity index is 993. The maximum Gasteiger partial charge on any atom is 0.573 e. The first-order chi connectivity index (χ1) is 12.8.